The number of hydrogen-bond donors (Lipinski definition) is 3. The first-order chi connectivity index (χ1) is 47.5. The van der Waals surface area contributed by atoms with Gasteiger partial charge in [0.15, 0.2) is 0 Å². The molecular weight excluding hydrogens is 1170 g/mol. The van der Waals surface area contributed by atoms with Crippen LogP contribution >= 0.6 is 0 Å². The Morgan fingerprint density at radius 3 is 0.812 bits per heavy atom. The standard InChI is InChI=1S/C90H171NO5/c1-3-5-7-9-11-13-15-17-19-21-23-24-44-47-50-54-58-62-66-70-74-78-82-88(93)87(86-92)91-89(94)83-79-75-71-67-63-59-55-51-48-45-42-40-38-36-34-32-30-28-26-25-27-29-31-33-35-37-39-41-43-46-49-53-57-61-65-69-73-77-81-85-96-90(95)84-80-76-72-68-64-60-56-52-22-20-18-16-14-12-10-8-6-4-2/h14,16,20,22,25-26,78,82,87-88,92-93H,3-13,15,17-19,21,23-24,27-77,79-81,83-86H2,1-2H3,(H,91,94)/b16-14-,22-20-,26-25-,82-78+. The van der Waals surface area contributed by atoms with Crippen LogP contribution < -0.4 is 5.32 Å². The summed E-state index contributed by atoms with van der Waals surface area (Å²) >= 11 is 0. The quantitative estimate of drug-likeness (QED) is 0.0320. The molecule has 0 aromatic heterocycles. The average Bonchev–Trinajstić information content (AvgIpc) is 2.36. The van der Waals surface area contributed by atoms with E-state index in [9.17, 15) is 19.8 Å². The number of nitrogens with one attached hydrogen (secondary N) is 1. The summed E-state index contributed by atoms with van der Waals surface area (Å²) in [7, 11) is 0. The number of rotatable bonds is 83. The highest BCUT2D eigenvalue weighted by Crippen LogP contribution is 2.20. The zero-order valence-electron chi connectivity index (χ0n) is 65.1. The molecule has 0 radical (unpaired) electrons. The highest BCUT2D eigenvalue weighted by molar-refractivity contribution is 5.76. The summed E-state index contributed by atoms with van der Waals surface area (Å²) in [5.74, 6) is -0.0431. The maximum absolute atomic E-state index is 12.6. The number of aliphatic hydroxyl groups is 2. The average molecular weight is 1350 g/mol. The molecule has 0 rings (SSSR count). The summed E-state index contributed by atoms with van der Waals surface area (Å²) in [4.78, 5) is 24.7. The van der Waals surface area contributed by atoms with Crippen LogP contribution in [0.5, 0.6) is 0 Å². The molecular formula is C90H171NO5. The third-order valence-electron chi connectivity index (χ3n) is 20.6. The molecule has 0 saturated heterocycles. The molecule has 96 heavy (non-hydrogen) atoms. The molecule has 6 heteroatoms. The van der Waals surface area contributed by atoms with Gasteiger partial charge in [0.25, 0.3) is 0 Å². The van der Waals surface area contributed by atoms with Gasteiger partial charge in [-0.2, -0.15) is 0 Å². The lowest BCUT2D eigenvalue weighted by molar-refractivity contribution is -0.143. The van der Waals surface area contributed by atoms with E-state index in [4.69, 9.17) is 4.74 Å². The normalized spacial score (nSPS) is 12.7. The molecule has 0 aromatic carbocycles. The van der Waals surface area contributed by atoms with Gasteiger partial charge in [0.1, 0.15) is 0 Å². The summed E-state index contributed by atoms with van der Waals surface area (Å²) in [5, 5.41) is 23.3. The van der Waals surface area contributed by atoms with Crippen molar-refractivity contribution >= 4 is 11.9 Å². The Kier molecular flexibility index (Phi) is 83.3. The lowest BCUT2D eigenvalue weighted by Crippen LogP contribution is -2.45. The van der Waals surface area contributed by atoms with Crippen molar-refractivity contribution in [3.05, 3.63) is 48.6 Å². The van der Waals surface area contributed by atoms with Gasteiger partial charge in [-0.05, 0) is 89.9 Å². The highest BCUT2D eigenvalue weighted by atomic mass is 16.5. The Morgan fingerprint density at radius 2 is 0.521 bits per heavy atom. The first-order valence-corrected chi connectivity index (χ1v) is 43.9. The fraction of sp³-hybridized carbons (Fsp3) is 0.889. The second kappa shape index (κ2) is 85.2. The van der Waals surface area contributed by atoms with Crippen LogP contribution in [-0.2, 0) is 14.3 Å². The predicted molar refractivity (Wildman–Crippen MR) is 426 cm³/mol. The van der Waals surface area contributed by atoms with Crippen molar-refractivity contribution in [2.24, 2.45) is 0 Å². The fourth-order valence-electron chi connectivity index (χ4n) is 13.9. The topological polar surface area (TPSA) is 95.9 Å². The van der Waals surface area contributed by atoms with Crippen molar-refractivity contribution in [1.29, 1.82) is 0 Å². The number of ether oxygens (including phenoxy) is 1. The van der Waals surface area contributed by atoms with E-state index in [1.54, 1.807) is 6.08 Å². The summed E-state index contributed by atoms with van der Waals surface area (Å²) < 4.78 is 5.51. The maximum atomic E-state index is 12.6. The van der Waals surface area contributed by atoms with E-state index in [1.807, 2.05) is 6.08 Å². The first-order valence-electron chi connectivity index (χ1n) is 43.9. The monoisotopic (exact) mass is 1350 g/mol. The van der Waals surface area contributed by atoms with Crippen LogP contribution in [0.1, 0.15) is 489 Å². The van der Waals surface area contributed by atoms with E-state index in [-0.39, 0.29) is 18.5 Å². The summed E-state index contributed by atoms with van der Waals surface area (Å²) in [6.07, 6.45) is 114. The van der Waals surface area contributed by atoms with Gasteiger partial charge in [0.05, 0.1) is 25.4 Å². The number of esters is 1. The second-order valence-corrected chi connectivity index (χ2v) is 30.2. The number of carbonyl (C=O) groups excluding carboxylic acids is 2. The molecule has 0 spiro atoms. The van der Waals surface area contributed by atoms with Gasteiger partial charge >= 0.3 is 5.97 Å². The van der Waals surface area contributed by atoms with Crippen molar-refractivity contribution < 1.29 is 24.5 Å². The molecule has 1 amide bonds. The minimum Gasteiger partial charge on any atom is -0.466 e. The summed E-state index contributed by atoms with van der Waals surface area (Å²) in [5.41, 5.74) is 0. The van der Waals surface area contributed by atoms with Crippen molar-refractivity contribution in [1.82, 2.24) is 5.32 Å². The third kappa shape index (κ3) is 80.8. The van der Waals surface area contributed by atoms with Gasteiger partial charge in [-0.1, -0.05) is 435 Å². The second-order valence-electron chi connectivity index (χ2n) is 30.2. The minimum absolute atomic E-state index is 0.0156. The van der Waals surface area contributed by atoms with Gasteiger partial charge in [-0.15, -0.1) is 0 Å². The van der Waals surface area contributed by atoms with Gasteiger partial charge in [-0.3, -0.25) is 9.59 Å². The van der Waals surface area contributed by atoms with Gasteiger partial charge in [0, 0.05) is 12.8 Å². The molecule has 6 nitrogen and oxygen atoms in total. The number of carbonyl (C=O) groups is 2. The van der Waals surface area contributed by atoms with E-state index in [0.717, 1.165) is 51.4 Å². The summed E-state index contributed by atoms with van der Waals surface area (Å²) in [6, 6.07) is -0.626. The molecule has 0 aliphatic rings. The van der Waals surface area contributed by atoms with Crippen molar-refractivity contribution in [2.45, 2.75) is 501 Å². The predicted octanol–water partition coefficient (Wildman–Crippen LogP) is 29.5. The van der Waals surface area contributed by atoms with E-state index in [1.165, 1.54) is 411 Å². The maximum Gasteiger partial charge on any atom is 0.305 e. The van der Waals surface area contributed by atoms with Crippen LogP contribution in [0.15, 0.2) is 48.6 Å². The van der Waals surface area contributed by atoms with Gasteiger partial charge in [-0.25, -0.2) is 0 Å². The molecule has 0 aliphatic carbocycles. The number of unbranched alkanes of at least 4 members (excludes halogenated alkanes) is 66. The van der Waals surface area contributed by atoms with Gasteiger partial charge < -0.3 is 20.3 Å². The molecule has 2 atom stereocenters. The van der Waals surface area contributed by atoms with Crippen LogP contribution in [-0.4, -0.2) is 47.4 Å². The largest absolute Gasteiger partial charge is 0.466 e. The molecule has 0 aromatic rings. The molecule has 2 unspecified atom stereocenters. The lowest BCUT2D eigenvalue weighted by Gasteiger charge is -2.20. The minimum atomic E-state index is -0.843. The van der Waals surface area contributed by atoms with E-state index < -0.39 is 12.1 Å². The Hall–Kier alpha value is -2.18. The van der Waals surface area contributed by atoms with Crippen LogP contribution in [0.2, 0.25) is 0 Å². The smallest absolute Gasteiger partial charge is 0.305 e. The molecule has 3 N–H and O–H groups in total. The number of amides is 1. The highest BCUT2D eigenvalue weighted by Gasteiger charge is 2.18. The van der Waals surface area contributed by atoms with Gasteiger partial charge in [0.2, 0.25) is 5.91 Å². The van der Waals surface area contributed by atoms with Crippen LogP contribution in [0.4, 0.5) is 0 Å². The Balaban J connectivity index is 3.34. The molecule has 0 fully saturated rings. The summed E-state index contributed by atoms with van der Waals surface area (Å²) in [6.45, 7) is 4.94. The van der Waals surface area contributed by atoms with Crippen molar-refractivity contribution in [3.8, 4) is 0 Å². The zero-order chi connectivity index (χ0) is 69.1. The van der Waals surface area contributed by atoms with Crippen LogP contribution in [0.25, 0.3) is 0 Å². The molecule has 0 heterocycles. The zero-order valence-corrected chi connectivity index (χ0v) is 65.1. The van der Waals surface area contributed by atoms with E-state index in [2.05, 4.69) is 55.6 Å². The first kappa shape index (κ1) is 93.8. The molecule has 0 saturated carbocycles. The number of hydrogen-bond acceptors (Lipinski definition) is 5. The molecule has 566 valence electrons. The van der Waals surface area contributed by atoms with Crippen molar-refractivity contribution in [2.75, 3.05) is 13.2 Å². The SMILES string of the molecule is CCCCCC/C=C\C/C=C\CCCCCCCCCC(=O)OCCCCCCCCCCCCCCCCCCCC/C=C\CCCCCCCCCCCCCCCCCCCC(=O)NC(CO)C(O)/C=C/CCCCCCCCCCCCCCCCCCCCCC. The Labute approximate surface area is 601 Å². The van der Waals surface area contributed by atoms with Crippen LogP contribution in [0.3, 0.4) is 0 Å². The van der Waals surface area contributed by atoms with E-state index in [0.29, 0.717) is 19.4 Å². The lowest BCUT2D eigenvalue weighted by atomic mass is 10.0. The fourth-order valence-corrected chi connectivity index (χ4v) is 13.9. The van der Waals surface area contributed by atoms with Crippen molar-refractivity contribution in [3.63, 3.8) is 0 Å². The Bertz CT molecular complexity index is 1600. The van der Waals surface area contributed by atoms with Crippen LogP contribution in [0, 0.1) is 0 Å². The third-order valence-corrected chi connectivity index (χ3v) is 20.6. The van der Waals surface area contributed by atoms with E-state index >= 15 is 0 Å². The molecule has 0 bridgehead atoms. The molecule has 0 aliphatic heterocycles. The number of aliphatic hydroxyl groups excluding tert-OH is 2. The Morgan fingerprint density at radius 1 is 0.292 bits per heavy atom. The number of allylic oxidation sites excluding steroid dienone is 7.